The van der Waals surface area contributed by atoms with Crippen LogP contribution in [-0.4, -0.2) is 26.0 Å². The van der Waals surface area contributed by atoms with Gasteiger partial charge in [0.1, 0.15) is 11.5 Å². The molecule has 0 fully saturated rings. The number of benzene rings is 1. The van der Waals surface area contributed by atoms with Crippen LogP contribution >= 0.6 is 11.3 Å². The first-order chi connectivity index (χ1) is 12.5. The van der Waals surface area contributed by atoms with Crippen molar-refractivity contribution in [2.45, 2.75) is 20.3 Å². The van der Waals surface area contributed by atoms with E-state index in [1.807, 2.05) is 19.2 Å². The fourth-order valence-corrected chi connectivity index (χ4v) is 3.09. The van der Waals surface area contributed by atoms with Crippen molar-refractivity contribution < 1.29 is 9.90 Å². The van der Waals surface area contributed by atoms with Crippen molar-refractivity contribution in [3.8, 4) is 11.5 Å². The highest BCUT2D eigenvalue weighted by Gasteiger charge is 2.14. The Morgan fingerprint density at radius 3 is 2.54 bits per heavy atom. The van der Waals surface area contributed by atoms with Gasteiger partial charge >= 0.3 is 5.97 Å². The first kappa shape index (κ1) is 17.8. The number of hydrogen-bond donors (Lipinski definition) is 2. The number of aromatic carboxylic acids is 1. The molecule has 0 aliphatic rings. The van der Waals surface area contributed by atoms with Crippen molar-refractivity contribution in [1.29, 1.82) is 0 Å². The highest BCUT2D eigenvalue weighted by Crippen LogP contribution is 2.26. The van der Waals surface area contributed by atoms with Crippen LogP contribution in [0.2, 0.25) is 0 Å². The molecule has 0 unspecified atom stereocenters. The lowest BCUT2D eigenvalue weighted by atomic mass is 10.1. The summed E-state index contributed by atoms with van der Waals surface area (Å²) in [6, 6.07) is 6.53. The molecular weight excluding hydrogens is 348 g/mol. The third-order valence-corrected chi connectivity index (χ3v) is 4.58. The Kier molecular flexibility index (Phi) is 5.09. The minimum Gasteiger partial charge on any atom is -0.478 e. The lowest BCUT2D eigenvalue weighted by Crippen LogP contribution is -2.06. The molecule has 0 saturated heterocycles. The van der Waals surface area contributed by atoms with Crippen LogP contribution < -0.4 is 5.32 Å². The molecule has 0 aliphatic carbocycles. The average molecular weight is 366 g/mol. The third kappa shape index (κ3) is 3.78. The molecule has 132 valence electrons. The van der Waals surface area contributed by atoms with Gasteiger partial charge in [0.05, 0.1) is 10.6 Å². The van der Waals surface area contributed by atoms with E-state index < -0.39 is 5.97 Å². The summed E-state index contributed by atoms with van der Waals surface area (Å²) in [6.45, 7) is 7.67. The number of hydrogen-bond acceptors (Lipinski definition) is 6. The molecule has 0 radical (unpaired) electrons. The van der Waals surface area contributed by atoms with Crippen LogP contribution in [0.1, 0.15) is 26.6 Å². The van der Waals surface area contributed by atoms with Crippen LogP contribution in [0.25, 0.3) is 11.5 Å². The molecule has 2 heterocycles. The average Bonchev–Trinajstić information content (AvgIpc) is 3.04. The highest BCUT2D eigenvalue weighted by molar-refractivity contribution is 7.09. The molecule has 0 amide bonds. The van der Waals surface area contributed by atoms with Gasteiger partial charge in [0, 0.05) is 22.3 Å². The maximum absolute atomic E-state index is 11.0. The zero-order valence-electron chi connectivity index (χ0n) is 14.5. The third-order valence-electron chi connectivity index (χ3n) is 3.81. The van der Waals surface area contributed by atoms with E-state index in [0.717, 1.165) is 27.6 Å². The maximum Gasteiger partial charge on any atom is 0.335 e. The minimum atomic E-state index is -0.956. The van der Waals surface area contributed by atoms with Gasteiger partial charge < -0.3 is 10.4 Å². The van der Waals surface area contributed by atoms with Gasteiger partial charge in [0.15, 0.2) is 5.82 Å². The second kappa shape index (κ2) is 7.45. The molecule has 0 aliphatic heterocycles. The van der Waals surface area contributed by atoms with E-state index in [9.17, 15) is 4.79 Å². The molecule has 0 spiro atoms. The number of nitrogens with zero attached hydrogens (tertiary/aromatic N) is 3. The molecule has 1 aromatic carbocycles. The molecule has 2 N–H and O–H groups in total. The van der Waals surface area contributed by atoms with Gasteiger partial charge in [-0.2, -0.15) is 0 Å². The van der Waals surface area contributed by atoms with Crippen LogP contribution in [0, 0.1) is 13.8 Å². The highest BCUT2D eigenvalue weighted by atomic mass is 32.1. The predicted octanol–water partition coefficient (Wildman–Crippen LogP) is 4.39. The quantitative estimate of drug-likeness (QED) is 0.629. The van der Waals surface area contributed by atoms with E-state index in [1.54, 1.807) is 41.7 Å². The zero-order chi connectivity index (χ0) is 18.7. The monoisotopic (exact) mass is 366 g/mol. The summed E-state index contributed by atoms with van der Waals surface area (Å²) in [6.07, 6.45) is 2.43. The van der Waals surface area contributed by atoms with E-state index in [2.05, 4.69) is 26.8 Å². The Bertz CT molecular complexity index is 964. The number of rotatable bonds is 6. The molecule has 3 rings (SSSR count). The van der Waals surface area contributed by atoms with Crippen molar-refractivity contribution in [3.05, 3.63) is 64.1 Å². The number of thiazole rings is 1. The lowest BCUT2D eigenvalue weighted by molar-refractivity contribution is 0.0697. The van der Waals surface area contributed by atoms with Crippen molar-refractivity contribution in [1.82, 2.24) is 15.0 Å². The smallest absolute Gasteiger partial charge is 0.335 e. The van der Waals surface area contributed by atoms with Crippen molar-refractivity contribution in [3.63, 3.8) is 0 Å². The van der Waals surface area contributed by atoms with Gasteiger partial charge in [-0.25, -0.2) is 19.7 Å². The molecule has 0 atom stereocenters. The molecule has 3 aromatic rings. The van der Waals surface area contributed by atoms with Gasteiger partial charge in [0.2, 0.25) is 0 Å². The van der Waals surface area contributed by atoms with Crippen LogP contribution in [-0.2, 0) is 6.42 Å². The number of carbonyl (C=O) groups is 1. The standard InChI is InChI=1S/C19H18N4O2S/c1-4-5-15-11(2)20-18(16-10-26-12(3)21-16)23-17(15)22-14-8-6-13(7-9-14)19(24)25/h4,6-10H,1,5H2,2-3H3,(H,24,25)(H,20,22,23). The molecule has 6 nitrogen and oxygen atoms in total. The number of carboxylic acids is 1. The Labute approximate surface area is 155 Å². The number of carboxylic acid groups (broad SMARTS) is 1. The van der Waals surface area contributed by atoms with Crippen LogP contribution in [0.15, 0.2) is 42.3 Å². The van der Waals surface area contributed by atoms with Crippen LogP contribution in [0.4, 0.5) is 11.5 Å². The van der Waals surface area contributed by atoms with Gasteiger partial charge in [-0.15, -0.1) is 17.9 Å². The van der Waals surface area contributed by atoms with Gasteiger partial charge in [-0.3, -0.25) is 0 Å². The summed E-state index contributed by atoms with van der Waals surface area (Å²) < 4.78 is 0. The molecular formula is C19H18N4O2S. The Balaban J connectivity index is 2.01. The number of aryl methyl sites for hydroxylation is 2. The van der Waals surface area contributed by atoms with E-state index in [0.29, 0.717) is 18.1 Å². The Morgan fingerprint density at radius 2 is 1.96 bits per heavy atom. The van der Waals surface area contributed by atoms with Crippen molar-refractivity contribution in [2.75, 3.05) is 5.32 Å². The molecule has 7 heteroatoms. The van der Waals surface area contributed by atoms with Crippen LogP contribution in [0.5, 0.6) is 0 Å². The zero-order valence-corrected chi connectivity index (χ0v) is 15.3. The molecule has 0 bridgehead atoms. The van der Waals surface area contributed by atoms with Gasteiger partial charge in [-0.05, 0) is 44.5 Å². The normalized spacial score (nSPS) is 10.5. The predicted molar refractivity (Wildman–Crippen MR) is 103 cm³/mol. The number of anilines is 2. The molecule has 0 saturated carbocycles. The minimum absolute atomic E-state index is 0.236. The first-order valence-corrected chi connectivity index (χ1v) is 8.87. The largest absolute Gasteiger partial charge is 0.478 e. The lowest BCUT2D eigenvalue weighted by Gasteiger charge is -2.13. The molecule has 26 heavy (non-hydrogen) atoms. The van der Waals surface area contributed by atoms with E-state index >= 15 is 0 Å². The maximum atomic E-state index is 11.0. The summed E-state index contributed by atoms with van der Waals surface area (Å²) in [7, 11) is 0. The Hall–Kier alpha value is -3.06. The second-order valence-electron chi connectivity index (χ2n) is 5.71. The molecule has 2 aromatic heterocycles. The van der Waals surface area contributed by atoms with Crippen molar-refractivity contribution in [2.24, 2.45) is 0 Å². The summed E-state index contributed by atoms with van der Waals surface area (Å²) in [5, 5.41) is 15.2. The Morgan fingerprint density at radius 1 is 1.23 bits per heavy atom. The SMILES string of the molecule is C=CCc1c(C)nc(-c2csc(C)n2)nc1Nc1ccc(C(=O)O)cc1. The van der Waals surface area contributed by atoms with Gasteiger partial charge in [-0.1, -0.05) is 6.08 Å². The van der Waals surface area contributed by atoms with E-state index in [4.69, 9.17) is 5.11 Å². The topological polar surface area (TPSA) is 88.0 Å². The fourth-order valence-electron chi connectivity index (χ4n) is 2.50. The van der Waals surface area contributed by atoms with Crippen LogP contribution in [0.3, 0.4) is 0 Å². The summed E-state index contributed by atoms with van der Waals surface area (Å²) in [5.74, 6) is 0.272. The van der Waals surface area contributed by atoms with E-state index in [1.165, 1.54) is 0 Å². The summed E-state index contributed by atoms with van der Waals surface area (Å²) in [5.41, 5.74) is 3.52. The second-order valence-corrected chi connectivity index (χ2v) is 6.77. The number of aromatic nitrogens is 3. The van der Waals surface area contributed by atoms with Crippen molar-refractivity contribution >= 4 is 28.8 Å². The van der Waals surface area contributed by atoms with E-state index in [-0.39, 0.29) is 5.56 Å². The number of allylic oxidation sites excluding steroid dienone is 1. The first-order valence-electron chi connectivity index (χ1n) is 7.99. The number of nitrogens with one attached hydrogen (secondary N) is 1. The summed E-state index contributed by atoms with van der Waals surface area (Å²) in [4.78, 5) is 24.7. The van der Waals surface area contributed by atoms with Gasteiger partial charge in [0.25, 0.3) is 0 Å². The summed E-state index contributed by atoms with van der Waals surface area (Å²) >= 11 is 1.55. The fraction of sp³-hybridized carbons (Fsp3) is 0.158.